The highest BCUT2D eigenvalue weighted by molar-refractivity contribution is 7.17. The SMILES string of the molecule is O=C1C(=Nc2cccc(C(F)(F)F)c2)c2ccccc2N1Cc1csc2ccc(Cl)cc12. The van der Waals surface area contributed by atoms with Gasteiger partial charge in [0.2, 0.25) is 0 Å². The lowest BCUT2D eigenvalue weighted by Crippen LogP contribution is -2.29. The molecular formula is C24H14ClF3N2OS. The first-order valence-electron chi connectivity index (χ1n) is 9.64. The molecule has 0 atom stereocenters. The zero-order valence-corrected chi connectivity index (χ0v) is 17.9. The molecule has 5 rings (SSSR count). The van der Waals surface area contributed by atoms with Gasteiger partial charge in [0.25, 0.3) is 5.91 Å². The first kappa shape index (κ1) is 20.7. The fraction of sp³-hybridized carbons (Fsp3) is 0.0833. The quantitative estimate of drug-likeness (QED) is 0.310. The molecule has 1 aliphatic rings. The molecule has 0 spiro atoms. The van der Waals surface area contributed by atoms with Gasteiger partial charge in [-0.3, -0.25) is 4.79 Å². The van der Waals surface area contributed by atoms with Crippen molar-refractivity contribution in [1.29, 1.82) is 0 Å². The van der Waals surface area contributed by atoms with Crippen LogP contribution in [0.4, 0.5) is 24.5 Å². The summed E-state index contributed by atoms with van der Waals surface area (Å²) in [5.74, 6) is -0.356. The maximum atomic E-state index is 13.3. The molecule has 3 aromatic carbocycles. The van der Waals surface area contributed by atoms with Crippen molar-refractivity contribution >= 4 is 56.0 Å². The number of benzene rings is 3. The monoisotopic (exact) mass is 470 g/mol. The molecule has 0 saturated carbocycles. The summed E-state index contributed by atoms with van der Waals surface area (Å²) < 4.78 is 40.3. The second-order valence-electron chi connectivity index (χ2n) is 7.32. The summed E-state index contributed by atoms with van der Waals surface area (Å²) in [5.41, 5.74) is 1.59. The fourth-order valence-electron chi connectivity index (χ4n) is 3.75. The van der Waals surface area contributed by atoms with Gasteiger partial charge in [0, 0.05) is 15.3 Å². The van der Waals surface area contributed by atoms with Crippen molar-refractivity contribution in [3.05, 3.63) is 93.8 Å². The van der Waals surface area contributed by atoms with E-state index in [2.05, 4.69) is 4.99 Å². The van der Waals surface area contributed by atoms with Gasteiger partial charge >= 0.3 is 6.18 Å². The average Bonchev–Trinajstić information content (AvgIpc) is 3.28. The molecule has 2 heterocycles. The van der Waals surface area contributed by atoms with E-state index in [0.717, 1.165) is 27.8 Å². The topological polar surface area (TPSA) is 32.7 Å². The van der Waals surface area contributed by atoms with Crippen LogP contribution in [0.3, 0.4) is 0 Å². The minimum atomic E-state index is -4.49. The number of carbonyl (C=O) groups is 1. The molecule has 160 valence electrons. The van der Waals surface area contributed by atoms with E-state index in [9.17, 15) is 18.0 Å². The van der Waals surface area contributed by atoms with E-state index in [0.29, 0.717) is 22.8 Å². The van der Waals surface area contributed by atoms with Gasteiger partial charge in [0.1, 0.15) is 5.71 Å². The van der Waals surface area contributed by atoms with Crippen LogP contribution in [0, 0.1) is 0 Å². The third-order valence-electron chi connectivity index (χ3n) is 5.26. The van der Waals surface area contributed by atoms with Crippen LogP contribution in [0.2, 0.25) is 5.02 Å². The van der Waals surface area contributed by atoms with Crippen molar-refractivity contribution in [3.8, 4) is 0 Å². The number of aliphatic imine (C=N–C) groups is 1. The summed E-state index contributed by atoms with van der Waals surface area (Å²) in [6.45, 7) is 0.303. The summed E-state index contributed by atoms with van der Waals surface area (Å²) in [4.78, 5) is 19.2. The van der Waals surface area contributed by atoms with Crippen molar-refractivity contribution < 1.29 is 18.0 Å². The third kappa shape index (κ3) is 3.67. The van der Waals surface area contributed by atoms with Crippen molar-refractivity contribution in [2.24, 2.45) is 4.99 Å². The Morgan fingerprint density at radius 1 is 1.00 bits per heavy atom. The van der Waals surface area contributed by atoms with Crippen molar-refractivity contribution in [1.82, 2.24) is 0 Å². The lowest BCUT2D eigenvalue weighted by atomic mass is 10.1. The minimum Gasteiger partial charge on any atom is -0.302 e. The van der Waals surface area contributed by atoms with Crippen molar-refractivity contribution in [2.75, 3.05) is 4.90 Å². The average molecular weight is 471 g/mol. The van der Waals surface area contributed by atoms with Crippen LogP contribution >= 0.6 is 22.9 Å². The Labute approximate surface area is 190 Å². The van der Waals surface area contributed by atoms with E-state index < -0.39 is 11.7 Å². The van der Waals surface area contributed by atoms with E-state index in [-0.39, 0.29) is 17.3 Å². The number of nitrogens with zero attached hydrogens (tertiary/aromatic N) is 2. The number of anilines is 1. The second kappa shape index (κ2) is 7.76. The predicted octanol–water partition coefficient (Wildman–Crippen LogP) is 7.24. The molecule has 0 unspecified atom stereocenters. The number of fused-ring (bicyclic) bond motifs is 2. The highest BCUT2D eigenvalue weighted by Crippen LogP contribution is 2.36. The van der Waals surface area contributed by atoms with Gasteiger partial charge < -0.3 is 4.90 Å². The Hall–Kier alpha value is -3.16. The normalized spacial score (nSPS) is 15.1. The Balaban J connectivity index is 1.55. The Bertz CT molecular complexity index is 1390. The molecule has 4 aromatic rings. The number of carbonyl (C=O) groups excluding carboxylic acids is 1. The molecule has 1 aliphatic heterocycles. The van der Waals surface area contributed by atoms with Crippen LogP contribution in [0.25, 0.3) is 10.1 Å². The number of amides is 1. The summed E-state index contributed by atoms with van der Waals surface area (Å²) in [7, 11) is 0. The van der Waals surface area contributed by atoms with Gasteiger partial charge in [0.15, 0.2) is 0 Å². The van der Waals surface area contributed by atoms with E-state index in [1.165, 1.54) is 12.1 Å². The molecule has 1 amide bonds. The number of halogens is 4. The fourth-order valence-corrected chi connectivity index (χ4v) is 4.86. The Morgan fingerprint density at radius 2 is 1.81 bits per heavy atom. The lowest BCUT2D eigenvalue weighted by molar-refractivity contribution is -0.137. The highest BCUT2D eigenvalue weighted by atomic mass is 35.5. The van der Waals surface area contributed by atoms with Crippen LogP contribution in [0.5, 0.6) is 0 Å². The third-order valence-corrected chi connectivity index (χ3v) is 6.50. The molecule has 8 heteroatoms. The van der Waals surface area contributed by atoms with E-state index >= 15 is 0 Å². The van der Waals surface area contributed by atoms with Crippen molar-refractivity contribution in [3.63, 3.8) is 0 Å². The molecule has 3 nitrogen and oxygen atoms in total. The minimum absolute atomic E-state index is 0.0765. The number of thiophene rings is 1. The predicted molar refractivity (Wildman–Crippen MR) is 122 cm³/mol. The largest absolute Gasteiger partial charge is 0.416 e. The van der Waals surface area contributed by atoms with E-state index in [4.69, 9.17) is 11.6 Å². The molecule has 0 radical (unpaired) electrons. The first-order valence-corrected chi connectivity index (χ1v) is 10.9. The van der Waals surface area contributed by atoms with Gasteiger partial charge in [-0.1, -0.05) is 35.9 Å². The maximum absolute atomic E-state index is 13.3. The summed E-state index contributed by atoms with van der Waals surface area (Å²) in [6, 6.07) is 17.4. The van der Waals surface area contributed by atoms with Crippen LogP contribution < -0.4 is 4.90 Å². The molecule has 0 saturated heterocycles. The van der Waals surface area contributed by atoms with Gasteiger partial charge in [-0.25, -0.2) is 4.99 Å². The van der Waals surface area contributed by atoms with Crippen LogP contribution in [-0.4, -0.2) is 11.6 Å². The lowest BCUT2D eigenvalue weighted by Gasteiger charge is -2.16. The second-order valence-corrected chi connectivity index (χ2v) is 8.67. The van der Waals surface area contributed by atoms with E-state index in [1.807, 2.05) is 35.7 Å². The summed E-state index contributed by atoms with van der Waals surface area (Å²) >= 11 is 7.72. The maximum Gasteiger partial charge on any atom is 0.416 e. The number of para-hydroxylation sites is 1. The molecular weight excluding hydrogens is 457 g/mol. The zero-order chi connectivity index (χ0) is 22.5. The summed E-state index contributed by atoms with van der Waals surface area (Å²) in [5, 5.41) is 3.56. The van der Waals surface area contributed by atoms with Crippen LogP contribution in [0.1, 0.15) is 16.7 Å². The molecule has 0 N–H and O–H groups in total. The molecule has 0 aliphatic carbocycles. The number of hydrogen-bond donors (Lipinski definition) is 0. The Morgan fingerprint density at radius 3 is 2.62 bits per heavy atom. The van der Waals surface area contributed by atoms with E-state index in [1.54, 1.807) is 28.4 Å². The van der Waals surface area contributed by atoms with Gasteiger partial charge in [-0.2, -0.15) is 13.2 Å². The molecule has 0 fully saturated rings. The summed E-state index contributed by atoms with van der Waals surface area (Å²) in [6.07, 6.45) is -4.49. The molecule has 32 heavy (non-hydrogen) atoms. The smallest absolute Gasteiger partial charge is 0.302 e. The standard InChI is InChI=1S/C24H14ClF3N2OS/c25-16-8-9-21-19(11-16)14(13-32-21)12-30-20-7-2-1-6-18(20)22(23(30)31)29-17-5-3-4-15(10-17)24(26,27)28/h1-11,13H,12H2. The first-order chi connectivity index (χ1) is 15.3. The zero-order valence-electron chi connectivity index (χ0n) is 16.4. The van der Waals surface area contributed by atoms with Gasteiger partial charge in [0.05, 0.1) is 23.5 Å². The van der Waals surface area contributed by atoms with Crippen LogP contribution in [0.15, 0.2) is 77.1 Å². The highest BCUT2D eigenvalue weighted by Gasteiger charge is 2.35. The van der Waals surface area contributed by atoms with Crippen molar-refractivity contribution in [2.45, 2.75) is 12.7 Å². The van der Waals surface area contributed by atoms with Gasteiger partial charge in [-0.05, 0) is 58.8 Å². The number of rotatable bonds is 3. The van der Waals surface area contributed by atoms with Gasteiger partial charge in [-0.15, -0.1) is 11.3 Å². The number of alkyl halides is 3. The van der Waals surface area contributed by atoms with Crippen LogP contribution in [-0.2, 0) is 17.5 Å². The Kier molecular flexibility index (Phi) is 5.03. The molecule has 1 aromatic heterocycles. The molecule has 0 bridgehead atoms. The number of hydrogen-bond acceptors (Lipinski definition) is 3.